The Morgan fingerprint density at radius 2 is 1.50 bits per heavy atom. The Hall–Kier alpha value is -0.960. The van der Waals surface area contributed by atoms with Gasteiger partial charge >= 0.3 is 12.2 Å². The van der Waals surface area contributed by atoms with E-state index in [1.807, 2.05) is 20.8 Å². The largest absolute Gasteiger partial charge is 0.430 e. The molecule has 0 fully saturated rings. The van der Waals surface area contributed by atoms with E-state index in [2.05, 4.69) is 10.6 Å². The lowest BCUT2D eigenvalue weighted by Crippen LogP contribution is -2.61. The summed E-state index contributed by atoms with van der Waals surface area (Å²) in [6.07, 6.45) is 1.96. The number of amides is 2. The van der Waals surface area contributed by atoms with E-state index in [0.717, 1.165) is 25.7 Å². The summed E-state index contributed by atoms with van der Waals surface area (Å²) in [6, 6.07) is 0. The van der Waals surface area contributed by atoms with Gasteiger partial charge in [0.2, 0.25) is 5.85 Å². The van der Waals surface area contributed by atoms with Gasteiger partial charge in [-0.2, -0.15) is 0 Å². The molecule has 0 bridgehead atoms. The van der Waals surface area contributed by atoms with Crippen LogP contribution in [0.25, 0.3) is 0 Å². The Balaban J connectivity index is -0.00000264. The lowest BCUT2D eigenvalue weighted by atomic mass is 10.3. The Labute approximate surface area is 169 Å². The first-order chi connectivity index (χ1) is 11.3. The van der Waals surface area contributed by atoms with Crippen molar-refractivity contribution in [3.8, 4) is 0 Å². The van der Waals surface area contributed by atoms with Gasteiger partial charge in [-0.1, -0.05) is 33.6 Å². The number of carbonyl (C=O) groups excluding carboxylic acids is 2. The summed E-state index contributed by atoms with van der Waals surface area (Å²) < 4.78 is 10.6. The maximum atomic E-state index is 11.8. The molecular weight excluding hydrogens is 383 g/mol. The number of nitrogens with two attached hydrogens (primary N) is 1. The van der Waals surface area contributed by atoms with Crippen molar-refractivity contribution >= 4 is 37.0 Å². The molecule has 0 aromatic carbocycles. The van der Waals surface area contributed by atoms with Crippen molar-refractivity contribution < 1.29 is 19.1 Å². The average molecular weight is 419 g/mol. The van der Waals surface area contributed by atoms with Crippen molar-refractivity contribution in [2.45, 2.75) is 72.4 Å². The van der Waals surface area contributed by atoms with Gasteiger partial charge in [0, 0.05) is 26.6 Å². The van der Waals surface area contributed by atoms with Gasteiger partial charge in [-0.05, 0) is 19.8 Å². The second-order valence-electron chi connectivity index (χ2n) is 5.80. The van der Waals surface area contributed by atoms with E-state index in [9.17, 15) is 9.59 Å². The van der Waals surface area contributed by atoms with Gasteiger partial charge in [0.25, 0.3) is 0 Å². The fourth-order valence-electron chi connectivity index (χ4n) is 2.21. The number of ether oxygens (including phenoxy) is 2. The quantitative estimate of drug-likeness (QED) is 0.351. The molecule has 158 valence electrons. The molecule has 0 radical (unpaired) electrons. The molecule has 2 atom stereocenters. The molecule has 0 spiro atoms. The highest BCUT2D eigenvalue weighted by Gasteiger charge is 2.35. The highest BCUT2D eigenvalue weighted by Crippen LogP contribution is 2.15. The van der Waals surface area contributed by atoms with Gasteiger partial charge in [-0.15, -0.1) is 24.8 Å². The number of nitrogens with zero attached hydrogens (tertiary/aromatic N) is 1. The van der Waals surface area contributed by atoms with Gasteiger partial charge in [0.1, 0.15) is 0 Å². The van der Waals surface area contributed by atoms with Crippen molar-refractivity contribution in [2.75, 3.05) is 19.6 Å². The highest BCUT2D eigenvalue weighted by atomic mass is 35.5. The maximum Gasteiger partial charge on any atom is 0.409 e. The van der Waals surface area contributed by atoms with Gasteiger partial charge < -0.3 is 20.1 Å². The Bertz CT molecular complexity index is 387. The molecule has 2 amide bonds. The van der Waals surface area contributed by atoms with Crippen molar-refractivity contribution in [1.82, 2.24) is 15.5 Å². The van der Waals surface area contributed by atoms with Gasteiger partial charge in [-0.25, -0.2) is 14.5 Å². The summed E-state index contributed by atoms with van der Waals surface area (Å²) in [7, 11) is 0. The van der Waals surface area contributed by atoms with Crippen molar-refractivity contribution in [3.05, 3.63) is 0 Å². The fraction of sp³-hybridized carbons (Fsp3) is 0.875. The van der Waals surface area contributed by atoms with E-state index in [1.165, 1.54) is 0 Å². The summed E-state index contributed by atoms with van der Waals surface area (Å²) in [5, 5.41) is 5.32. The van der Waals surface area contributed by atoms with Crippen LogP contribution < -0.4 is 16.4 Å². The topological polar surface area (TPSA) is 106 Å². The third-order valence-corrected chi connectivity index (χ3v) is 3.53. The van der Waals surface area contributed by atoms with E-state index >= 15 is 0 Å². The number of unbranched alkanes of at least 4 members (excludes halogenated alkanes) is 2. The Morgan fingerprint density at radius 3 is 1.92 bits per heavy atom. The van der Waals surface area contributed by atoms with Crippen LogP contribution in [0.5, 0.6) is 0 Å². The highest BCUT2D eigenvalue weighted by molar-refractivity contribution is 5.85. The number of alkyl carbamates (subject to hydrolysis) is 2. The van der Waals surface area contributed by atoms with E-state index in [-0.39, 0.29) is 24.8 Å². The summed E-state index contributed by atoms with van der Waals surface area (Å²) >= 11 is 0. The third kappa shape index (κ3) is 12.4. The summed E-state index contributed by atoms with van der Waals surface area (Å²) in [6.45, 7) is 10.7. The van der Waals surface area contributed by atoms with Crippen molar-refractivity contribution in [1.29, 1.82) is 0 Å². The number of rotatable bonds is 11. The molecule has 26 heavy (non-hydrogen) atoms. The molecule has 10 heteroatoms. The van der Waals surface area contributed by atoms with Crippen LogP contribution >= 0.6 is 24.8 Å². The second-order valence-corrected chi connectivity index (χ2v) is 5.80. The van der Waals surface area contributed by atoms with Gasteiger partial charge in [0.15, 0.2) is 6.23 Å². The minimum absolute atomic E-state index is 0. The monoisotopic (exact) mass is 418 g/mol. The van der Waals surface area contributed by atoms with Crippen LogP contribution in [0.1, 0.15) is 60.3 Å². The lowest BCUT2D eigenvalue weighted by molar-refractivity contribution is -0.156. The van der Waals surface area contributed by atoms with Gasteiger partial charge in [0.05, 0.1) is 0 Å². The van der Waals surface area contributed by atoms with Crippen molar-refractivity contribution in [2.24, 2.45) is 5.73 Å². The van der Waals surface area contributed by atoms with Crippen LogP contribution in [0.4, 0.5) is 9.59 Å². The molecule has 0 heterocycles. The molecular formula is C16H36Cl2N4O4. The van der Waals surface area contributed by atoms with Crippen LogP contribution in [0.15, 0.2) is 0 Å². The number of hydrogen-bond donors (Lipinski definition) is 3. The fourth-order valence-corrected chi connectivity index (χ4v) is 2.21. The first-order valence-electron chi connectivity index (χ1n) is 8.75. The van der Waals surface area contributed by atoms with E-state index in [4.69, 9.17) is 15.2 Å². The molecule has 0 rings (SSSR count). The SMILES string of the molecule is CCCCNC(=O)OC(C)N(CC)C(C)(N)OC(=O)NCCCC.Cl.Cl. The zero-order chi connectivity index (χ0) is 18.6. The molecule has 0 aliphatic heterocycles. The molecule has 8 nitrogen and oxygen atoms in total. The van der Waals surface area contributed by atoms with E-state index in [1.54, 1.807) is 18.7 Å². The lowest BCUT2D eigenvalue weighted by Gasteiger charge is -2.39. The number of carbonyl (C=O) groups is 2. The van der Waals surface area contributed by atoms with Crippen LogP contribution in [0.2, 0.25) is 0 Å². The predicted molar refractivity (Wildman–Crippen MR) is 108 cm³/mol. The first-order valence-corrected chi connectivity index (χ1v) is 8.75. The Morgan fingerprint density at radius 1 is 1.04 bits per heavy atom. The molecule has 0 aliphatic carbocycles. The zero-order valence-electron chi connectivity index (χ0n) is 16.5. The Kier molecular flexibility index (Phi) is 18.6. The van der Waals surface area contributed by atoms with E-state index < -0.39 is 24.3 Å². The maximum absolute atomic E-state index is 11.8. The molecule has 0 saturated carbocycles. The third-order valence-electron chi connectivity index (χ3n) is 3.53. The smallest absolute Gasteiger partial charge is 0.409 e. The van der Waals surface area contributed by atoms with E-state index in [0.29, 0.717) is 19.6 Å². The number of nitrogens with one attached hydrogen (secondary N) is 2. The molecule has 0 aromatic heterocycles. The van der Waals surface area contributed by atoms with Crippen molar-refractivity contribution in [3.63, 3.8) is 0 Å². The van der Waals surface area contributed by atoms with Crippen LogP contribution in [-0.2, 0) is 9.47 Å². The van der Waals surface area contributed by atoms with Crippen LogP contribution in [0.3, 0.4) is 0 Å². The number of halogens is 2. The average Bonchev–Trinajstić information content (AvgIpc) is 2.47. The molecule has 0 aliphatic rings. The zero-order valence-corrected chi connectivity index (χ0v) is 18.1. The standard InChI is InChI=1S/C16H34N4O4.2ClH/c1-6-9-11-18-14(21)23-13(4)20(8-3)16(5,17)24-15(22)19-12-10-7-2;;/h13H,6-12,17H2,1-5H3,(H,18,21)(H,19,22);2*1H. The summed E-state index contributed by atoms with van der Waals surface area (Å²) in [5.41, 5.74) is 6.11. The number of hydrogen-bond acceptors (Lipinski definition) is 6. The second kappa shape index (κ2) is 16.2. The normalized spacial score (nSPS) is 13.5. The summed E-state index contributed by atoms with van der Waals surface area (Å²) in [4.78, 5) is 25.2. The molecule has 0 aromatic rings. The summed E-state index contributed by atoms with van der Waals surface area (Å²) in [5.74, 6) is -1.39. The van der Waals surface area contributed by atoms with Crippen LogP contribution in [0, 0.1) is 0 Å². The minimum Gasteiger partial charge on any atom is -0.430 e. The first kappa shape index (κ1) is 29.8. The predicted octanol–water partition coefficient (Wildman–Crippen LogP) is 3.18. The minimum atomic E-state index is -1.39. The molecule has 0 saturated heterocycles. The van der Waals surface area contributed by atoms with Crippen LogP contribution in [-0.4, -0.2) is 48.8 Å². The molecule has 2 unspecified atom stereocenters. The molecule has 4 N–H and O–H groups in total. The van der Waals surface area contributed by atoms with Gasteiger partial charge in [-0.3, -0.25) is 5.73 Å².